The number of likely N-dealkylation sites (tertiary alicyclic amines) is 1. The van der Waals surface area contributed by atoms with Gasteiger partial charge in [-0.1, -0.05) is 12.1 Å². The van der Waals surface area contributed by atoms with Crippen LogP contribution in [0.15, 0.2) is 24.3 Å². The van der Waals surface area contributed by atoms with Crippen LogP contribution >= 0.6 is 0 Å². The smallest absolute Gasteiger partial charge is 0.406 e. The number of halogens is 3. The van der Waals surface area contributed by atoms with Crippen molar-refractivity contribution in [2.45, 2.75) is 31.8 Å². The zero-order valence-corrected chi connectivity index (χ0v) is 13.5. The molecule has 1 atom stereocenters. The van der Waals surface area contributed by atoms with E-state index < -0.39 is 6.36 Å². The van der Waals surface area contributed by atoms with Gasteiger partial charge in [-0.25, -0.2) is 0 Å². The highest BCUT2D eigenvalue weighted by Crippen LogP contribution is 2.22. The number of rotatable bonds is 6. The van der Waals surface area contributed by atoms with E-state index in [0.717, 1.165) is 25.9 Å². The van der Waals surface area contributed by atoms with Crippen LogP contribution in [-0.4, -0.2) is 49.9 Å². The number of piperidine rings is 1. The van der Waals surface area contributed by atoms with Crippen LogP contribution in [0.3, 0.4) is 0 Å². The fourth-order valence-corrected chi connectivity index (χ4v) is 2.70. The Kier molecular flexibility index (Phi) is 6.44. The summed E-state index contributed by atoms with van der Waals surface area (Å²) in [5.74, 6) is -0.369. The Morgan fingerprint density at radius 1 is 1.33 bits per heavy atom. The maximum absolute atomic E-state index is 12.1. The van der Waals surface area contributed by atoms with Crippen LogP contribution in [0.2, 0.25) is 0 Å². The average Bonchev–Trinajstić information content (AvgIpc) is 2.53. The molecular weight excluding hydrogens is 323 g/mol. The molecule has 2 rings (SSSR count). The van der Waals surface area contributed by atoms with Gasteiger partial charge in [0.25, 0.3) is 0 Å². The summed E-state index contributed by atoms with van der Waals surface area (Å²) in [6, 6.07) is 5.88. The highest BCUT2D eigenvalue weighted by atomic mass is 19.4. The number of likely N-dealkylation sites (N-methyl/N-ethyl adjacent to an activating group) is 1. The Morgan fingerprint density at radius 3 is 2.67 bits per heavy atom. The van der Waals surface area contributed by atoms with Crippen molar-refractivity contribution in [2.24, 2.45) is 0 Å². The predicted molar refractivity (Wildman–Crippen MR) is 83.5 cm³/mol. The quantitative estimate of drug-likeness (QED) is 0.827. The Morgan fingerprint density at radius 2 is 2.04 bits per heavy atom. The first-order chi connectivity index (χ1) is 11.4. The molecule has 0 aliphatic carbocycles. The van der Waals surface area contributed by atoms with Crippen molar-refractivity contribution in [1.29, 1.82) is 0 Å². The number of benzene rings is 1. The monoisotopic (exact) mass is 345 g/mol. The van der Waals surface area contributed by atoms with Crippen LogP contribution < -0.4 is 15.4 Å². The van der Waals surface area contributed by atoms with Gasteiger partial charge >= 0.3 is 6.36 Å². The lowest BCUT2D eigenvalue weighted by Gasteiger charge is -2.31. The summed E-state index contributed by atoms with van der Waals surface area (Å²) in [5, 5.41) is 6.00. The molecule has 134 valence electrons. The third kappa shape index (κ3) is 6.37. The number of hydrogen-bond acceptors (Lipinski definition) is 4. The molecule has 0 saturated carbocycles. The lowest BCUT2D eigenvalue weighted by molar-refractivity contribution is -0.274. The molecule has 0 aromatic heterocycles. The van der Waals surface area contributed by atoms with E-state index in [1.807, 2.05) is 7.05 Å². The molecule has 1 aromatic rings. The van der Waals surface area contributed by atoms with Gasteiger partial charge in [0, 0.05) is 19.1 Å². The molecule has 0 spiro atoms. The van der Waals surface area contributed by atoms with Crippen LogP contribution in [0, 0.1) is 0 Å². The molecule has 0 bridgehead atoms. The molecule has 5 nitrogen and oxygen atoms in total. The zero-order chi connectivity index (χ0) is 17.6. The molecule has 0 radical (unpaired) electrons. The summed E-state index contributed by atoms with van der Waals surface area (Å²) >= 11 is 0. The number of nitrogens with zero attached hydrogens (tertiary/aromatic N) is 1. The molecule has 1 aliphatic rings. The highest BCUT2D eigenvalue weighted by Gasteiger charge is 2.30. The second-order valence-corrected chi connectivity index (χ2v) is 5.83. The predicted octanol–water partition coefficient (Wildman–Crippen LogP) is 1.89. The molecule has 1 fully saturated rings. The lowest BCUT2D eigenvalue weighted by atomic mass is 10.1. The second-order valence-electron chi connectivity index (χ2n) is 5.83. The third-order valence-electron chi connectivity index (χ3n) is 3.93. The van der Waals surface area contributed by atoms with E-state index in [1.165, 1.54) is 24.3 Å². The number of carbonyl (C=O) groups excluding carboxylic acids is 1. The summed E-state index contributed by atoms with van der Waals surface area (Å²) in [4.78, 5) is 14.1. The van der Waals surface area contributed by atoms with Gasteiger partial charge in [0.05, 0.1) is 6.54 Å². The van der Waals surface area contributed by atoms with Crippen molar-refractivity contribution in [3.05, 3.63) is 29.8 Å². The molecule has 8 heteroatoms. The van der Waals surface area contributed by atoms with Gasteiger partial charge in [-0.3, -0.25) is 9.69 Å². The van der Waals surface area contributed by atoms with Crippen LogP contribution in [-0.2, 0) is 11.3 Å². The minimum atomic E-state index is -4.70. The topological polar surface area (TPSA) is 53.6 Å². The molecule has 1 saturated heterocycles. The van der Waals surface area contributed by atoms with Gasteiger partial charge in [0.15, 0.2) is 0 Å². The largest absolute Gasteiger partial charge is 0.573 e. The van der Waals surface area contributed by atoms with Crippen molar-refractivity contribution in [3.63, 3.8) is 0 Å². The maximum Gasteiger partial charge on any atom is 0.573 e. The summed E-state index contributed by atoms with van der Waals surface area (Å²) in [7, 11) is 1.92. The van der Waals surface area contributed by atoms with Crippen LogP contribution in [0.5, 0.6) is 5.75 Å². The Hall–Kier alpha value is -1.80. The fourth-order valence-electron chi connectivity index (χ4n) is 2.70. The molecule has 1 amide bonds. The van der Waals surface area contributed by atoms with Crippen molar-refractivity contribution in [2.75, 3.05) is 26.7 Å². The first kappa shape index (κ1) is 18.5. The van der Waals surface area contributed by atoms with Crippen LogP contribution in [0.4, 0.5) is 13.2 Å². The molecule has 1 aliphatic heterocycles. The molecular formula is C16H22F3N3O2. The van der Waals surface area contributed by atoms with Crippen molar-refractivity contribution in [1.82, 2.24) is 15.5 Å². The minimum Gasteiger partial charge on any atom is -0.406 e. The van der Waals surface area contributed by atoms with E-state index in [-0.39, 0.29) is 18.2 Å². The lowest BCUT2D eigenvalue weighted by Crippen LogP contribution is -2.47. The Balaban J connectivity index is 1.75. The van der Waals surface area contributed by atoms with Gasteiger partial charge in [-0.2, -0.15) is 0 Å². The van der Waals surface area contributed by atoms with E-state index in [4.69, 9.17) is 0 Å². The molecule has 1 unspecified atom stereocenters. The zero-order valence-electron chi connectivity index (χ0n) is 13.5. The van der Waals surface area contributed by atoms with E-state index in [0.29, 0.717) is 18.2 Å². The minimum absolute atomic E-state index is 0.0950. The average molecular weight is 345 g/mol. The van der Waals surface area contributed by atoms with Gasteiger partial charge in [0.2, 0.25) is 5.91 Å². The van der Waals surface area contributed by atoms with E-state index in [9.17, 15) is 18.0 Å². The molecule has 2 N–H and O–H groups in total. The third-order valence-corrected chi connectivity index (χ3v) is 3.93. The van der Waals surface area contributed by atoms with Gasteiger partial charge in [-0.15, -0.1) is 13.2 Å². The van der Waals surface area contributed by atoms with E-state index in [2.05, 4.69) is 20.3 Å². The fraction of sp³-hybridized carbons (Fsp3) is 0.562. The summed E-state index contributed by atoms with van der Waals surface area (Å²) in [6.45, 7) is 2.34. The SMILES string of the molecule is CNC1CCCN(CC(=O)NCc2ccc(OC(F)(F)F)cc2)C1. The molecule has 1 heterocycles. The number of amides is 1. The maximum atomic E-state index is 12.1. The summed E-state index contributed by atoms with van der Waals surface area (Å²) in [6.07, 6.45) is -2.53. The van der Waals surface area contributed by atoms with Crippen molar-refractivity contribution in [3.8, 4) is 5.75 Å². The first-order valence-electron chi connectivity index (χ1n) is 7.87. The highest BCUT2D eigenvalue weighted by molar-refractivity contribution is 5.78. The normalized spacial score (nSPS) is 19.1. The van der Waals surface area contributed by atoms with Crippen LogP contribution in [0.25, 0.3) is 0 Å². The van der Waals surface area contributed by atoms with Crippen LogP contribution in [0.1, 0.15) is 18.4 Å². The van der Waals surface area contributed by atoms with E-state index >= 15 is 0 Å². The number of hydrogen-bond donors (Lipinski definition) is 2. The standard InChI is InChI=1S/C16H22F3N3O2/c1-20-13-3-2-8-22(10-13)11-15(23)21-9-12-4-6-14(7-5-12)24-16(17,18)19/h4-7,13,20H,2-3,8-11H2,1H3,(H,21,23). The second kappa shape index (κ2) is 8.34. The number of nitrogens with one attached hydrogen (secondary N) is 2. The first-order valence-corrected chi connectivity index (χ1v) is 7.87. The Bertz CT molecular complexity index is 534. The van der Waals surface area contributed by atoms with Gasteiger partial charge < -0.3 is 15.4 Å². The summed E-state index contributed by atoms with van der Waals surface area (Å²) < 4.78 is 40.1. The molecule has 24 heavy (non-hydrogen) atoms. The van der Waals surface area contributed by atoms with Gasteiger partial charge in [0.1, 0.15) is 5.75 Å². The number of alkyl halides is 3. The Labute approximate surface area is 139 Å². The molecule has 1 aromatic carbocycles. The summed E-state index contributed by atoms with van der Waals surface area (Å²) in [5.41, 5.74) is 0.713. The van der Waals surface area contributed by atoms with E-state index in [1.54, 1.807) is 0 Å². The number of ether oxygens (including phenoxy) is 1. The number of carbonyl (C=O) groups is 1. The van der Waals surface area contributed by atoms with Gasteiger partial charge in [-0.05, 0) is 44.1 Å². The van der Waals surface area contributed by atoms with Crippen molar-refractivity contribution >= 4 is 5.91 Å². The van der Waals surface area contributed by atoms with Crippen molar-refractivity contribution < 1.29 is 22.7 Å².